The van der Waals surface area contributed by atoms with Crippen LogP contribution in [0.5, 0.6) is 0 Å². The van der Waals surface area contributed by atoms with Crippen molar-refractivity contribution in [3.63, 3.8) is 0 Å². The van der Waals surface area contributed by atoms with E-state index in [0.29, 0.717) is 5.92 Å². The Kier molecular flexibility index (Phi) is 8.58. The first kappa shape index (κ1) is 22.6. The van der Waals surface area contributed by atoms with Crippen LogP contribution in [0.3, 0.4) is 0 Å². The fourth-order valence-corrected chi connectivity index (χ4v) is 3.79. The van der Waals surface area contributed by atoms with Gasteiger partial charge in [-0.05, 0) is 76.7 Å². The lowest BCUT2D eigenvalue weighted by Crippen LogP contribution is -2.39. The van der Waals surface area contributed by atoms with Crippen LogP contribution in [0.25, 0.3) is 0 Å². The van der Waals surface area contributed by atoms with Crippen LogP contribution >= 0.6 is 11.6 Å². The minimum atomic E-state index is 0.626. The number of guanidine groups is 1. The molecule has 1 aromatic carbocycles. The molecule has 164 valence electrons. The van der Waals surface area contributed by atoms with E-state index in [1.54, 1.807) is 0 Å². The van der Waals surface area contributed by atoms with Gasteiger partial charge in [-0.25, -0.2) is 4.98 Å². The molecule has 0 radical (unpaired) electrons. The van der Waals surface area contributed by atoms with E-state index in [1.165, 1.54) is 5.56 Å². The van der Waals surface area contributed by atoms with Crippen LogP contribution in [-0.4, -0.2) is 48.6 Å². The number of oxazole rings is 1. The zero-order valence-electron chi connectivity index (χ0n) is 18.4. The predicted molar refractivity (Wildman–Crippen MR) is 123 cm³/mol. The summed E-state index contributed by atoms with van der Waals surface area (Å²) in [6.07, 6.45) is 3.26. The molecule has 2 heterocycles. The lowest BCUT2D eigenvalue weighted by molar-refractivity contribution is 0.166. The van der Waals surface area contributed by atoms with Gasteiger partial charge in [0.25, 0.3) is 0 Å². The molecule has 3 rings (SSSR count). The quantitative estimate of drug-likeness (QED) is 0.489. The van der Waals surface area contributed by atoms with Gasteiger partial charge >= 0.3 is 0 Å². The normalized spacial score (nSPS) is 16.1. The molecule has 1 fully saturated rings. The Bertz CT molecular complexity index is 790. The second-order valence-corrected chi connectivity index (χ2v) is 8.43. The lowest BCUT2D eigenvalue weighted by atomic mass is 9.97. The molecular formula is C23H34ClN5O. The minimum Gasteiger partial charge on any atom is -0.444 e. The topological polar surface area (TPSA) is 65.7 Å². The average molecular weight is 432 g/mol. The number of hydrogen-bond donors (Lipinski definition) is 2. The molecule has 30 heavy (non-hydrogen) atoms. The number of aliphatic imine (C=N–C) groups is 1. The summed E-state index contributed by atoms with van der Waals surface area (Å²) in [5.74, 6) is 3.29. The third-order valence-corrected chi connectivity index (χ3v) is 5.86. The highest BCUT2D eigenvalue weighted by Gasteiger charge is 2.20. The van der Waals surface area contributed by atoms with Gasteiger partial charge in [-0.2, -0.15) is 0 Å². The van der Waals surface area contributed by atoms with Crippen molar-refractivity contribution in [2.75, 3.05) is 32.7 Å². The van der Waals surface area contributed by atoms with E-state index < -0.39 is 0 Å². The summed E-state index contributed by atoms with van der Waals surface area (Å²) < 4.78 is 5.73. The Labute approximate surface area is 185 Å². The maximum atomic E-state index is 5.95. The molecule has 1 aromatic heterocycles. The molecule has 1 aliphatic heterocycles. The van der Waals surface area contributed by atoms with E-state index in [4.69, 9.17) is 21.0 Å². The number of nitrogens with one attached hydrogen (secondary N) is 2. The van der Waals surface area contributed by atoms with E-state index in [1.807, 2.05) is 26.0 Å². The number of benzene rings is 1. The van der Waals surface area contributed by atoms with Crippen molar-refractivity contribution in [2.24, 2.45) is 10.9 Å². The smallest absolute Gasteiger partial charge is 0.208 e. The van der Waals surface area contributed by atoms with Gasteiger partial charge in [0.15, 0.2) is 5.96 Å². The summed E-state index contributed by atoms with van der Waals surface area (Å²) in [7, 11) is 0. The van der Waals surface area contributed by atoms with Crippen LogP contribution in [0.1, 0.15) is 42.7 Å². The van der Waals surface area contributed by atoms with Crippen LogP contribution in [0, 0.1) is 19.8 Å². The van der Waals surface area contributed by atoms with E-state index in [2.05, 4.69) is 39.6 Å². The summed E-state index contributed by atoms with van der Waals surface area (Å²) in [4.78, 5) is 11.8. The van der Waals surface area contributed by atoms with Crippen LogP contribution in [0.15, 0.2) is 33.7 Å². The zero-order valence-corrected chi connectivity index (χ0v) is 19.1. The Balaban J connectivity index is 1.40. The number of aromatic nitrogens is 1. The number of aryl methyl sites for hydroxylation is 2. The SMILES string of the molecule is CCNC(=NCC1CCN(Cc2nc(C)c(C)o2)CC1)NCCc1ccc(Cl)cc1. The van der Waals surface area contributed by atoms with Crippen molar-refractivity contribution >= 4 is 17.6 Å². The zero-order chi connectivity index (χ0) is 21.3. The number of nitrogens with zero attached hydrogens (tertiary/aromatic N) is 3. The number of rotatable bonds is 8. The van der Waals surface area contributed by atoms with Gasteiger partial charge in [0, 0.05) is 24.7 Å². The molecule has 0 bridgehead atoms. The van der Waals surface area contributed by atoms with Crippen molar-refractivity contribution in [3.05, 3.63) is 52.2 Å². The first-order valence-corrected chi connectivity index (χ1v) is 11.3. The predicted octanol–water partition coefficient (Wildman–Crippen LogP) is 3.95. The summed E-state index contributed by atoms with van der Waals surface area (Å²) in [5, 5.41) is 7.58. The Morgan fingerprint density at radius 1 is 1.20 bits per heavy atom. The molecule has 0 unspecified atom stereocenters. The van der Waals surface area contributed by atoms with E-state index in [0.717, 1.165) is 86.9 Å². The minimum absolute atomic E-state index is 0.626. The molecule has 0 amide bonds. The molecule has 2 N–H and O–H groups in total. The van der Waals surface area contributed by atoms with E-state index in [9.17, 15) is 0 Å². The third kappa shape index (κ3) is 7.03. The van der Waals surface area contributed by atoms with E-state index in [-0.39, 0.29) is 0 Å². The van der Waals surface area contributed by atoms with Crippen molar-refractivity contribution in [2.45, 2.75) is 46.6 Å². The molecule has 0 atom stereocenters. The highest BCUT2D eigenvalue weighted by atomic mass is 35.5. The molecule has 1 saturated heterocycles. The van der Waals surface area contributed by atoms with Gasteiger partial charge < -0.3 is 15.1 Å². The van der Waals surface area contributed by atoms with Crippen LogP contribution in [0.2, 0.25) is 5.02 Å². The number of halogens is 1. The Morgan fingerprint density at radius 3 is 2.57 bits per heavy atom. The lowest BCUT2D eigenvalue weighted by Gasteiger charge is -2.30. The number of likely N-dealkylation sites (tertiary alicyclic amines) is 1. The Hall–Kier alpha value is -2.05. The monoisotopic (exact) mass is 431 g/mol. The van der Waals surface area contributed by atoms with Crippen LogP contribution in [0.4, 0.5) is 0 Å². The number of piperidine rings is 1. The summed E-state index contributed by atoms with van der Waals surface area (Å²) in [6.45, 7) is 11.6. The summed E-state index contributed by atoms with van der Waals surface area (Å²) in [5.41, 5.74) is 2.26. The Morgan fingerprint density at radius 2 is 1.93 bits per heavy atom. The highest BCUT2D eigenvalue weighted by Crippen LogP contribution is 2.20. The maximum absolute atomic E-state index is 5.95. The van der Waals surface area contributed by atoms with Gasteiger partial charge in [-0.15, -0.1) is 0 Å². The molecule has 1 aliphatic rings. The van der Waals surface area contributed by atoms with Crippen molar-refractivity contribution < 1.29 is 4.42 Å². The van der Waals surface area contributed by atoms with Crippen molar-refractivity contribution in [1.29, 1.82) is 0 Å². The van der Waals surface area contributed by atoms with Gasteiger partial charge in [0.2, 0.25) is 5.89 Å². The van der Waals surface area contributed by atoms with Gasteiger partial charge in [0.05, 0.1) is 12.2 Å². The van der Waals surface area contributed by atoms with Crippen molar-refractivity contribution in [1.82, 2.24) is 20.5 Å². The second kappa shape index (κ2) is 11.4. The molecule has 6 nitrogen and oxygen atoms in total. The molecule has 2 aromatic rings. The molecule has 0 aliphatic carbocycles. The maximum Gasteiger partial charge on any atom is 0.208 e. The standard InChI is InChI=1S/C23H34ClN5O/c1-4-25-23(26-12-9-19-5-7-21(24)8-6-19)27-15-20-10-13-29(14-11-20)16-22-28-17(2)18(3)30-22/h5-8,20H,4,9-16H2,1-3H3,(H2,25,26,27). The molecule has 7 heteroatoms. The second-order valence-electron chi connectivity index (χ2n) is 7.99. The average Bonchev–Trinajstić information content (AvgIpc) is 3.05. The first-order chi connectivity index (χ1) is 14.5. The fraction of sp³-hybridized carbons (Fsp3) is 0.565. The fourth-order valence-electron chi connectivity index (χ4n) is 3.66. The van der Waals surface area contributed by atoms with Crippen molar-refractivity contribution in [3.8, 4) is 0 Å². The van der Waals surface area contributed by atoms with Gasteiger partial charge in [-0.1, -0.05) is 23.7 Å². The van der Waals surface area contributed by atoms with Gasteiger partial charge in [-0.3, -0.25) is 9.89 Å². The molecular weight excluding hydrogens is 398 g/mol. The largest absolute Gasteiger partial charge is 0.444 e. The number of hydrogen-bond acceptors (Lipinski definition) is 4. The van der Waals surface area contributed by atoms with E-state index >= 15 is 0 Å². The van der Waals surface area contributed by atoms with Crippen LogP contribution < -0.4 is 10.6 Å². The first-order valence-electron chi connectivity index (χ1n) is 11.0. The van der Waals surface area contributed by atoms with Gasteiger partial charge in [0.1, 0.15) is 5.76 Å². The van der Waals surface area contributed by atoms with Crippen LogP contribution in [-0.2, 0) is 13.0 Å². The molecule has 0 spiro atoms. The summed E-state index contributed by atoms with van der Waals surface area (Å²) >= 11 is 5.95. The summed E-state index contributed by atoms with van der Waals surface area (Å²) in [6, 6.07) is 8.02. The molecule has 0 saturated carbocycles. The highest BCUT2D eigenvalue weighted by molar-refractivity contribution is 6.30. The third-order valence-electron chi connectivity index (χ3n) is 5.61.